The van der Waals surface area contributed by atoms with Crippen molar-refractivity contribution in [2.75, 3.05) is 58.4 Å². The molecule has 10 nitrogen and oxygen atoms in total. The Kier molecular flexibility index (Phi) is 8.62. The Bertz CT molecular complexity index is 1410. The molecule has 2 saturated heterocycles. The molecule has 0 unspecified atom stereocenters. The van der Waals surface area contributed by atoms with Crippen molar-refractivity contribution >= 4 is 23.1 Å². The summed E-state index contributed by atoms with van der Waals surface area (Å²) in [7, 11) is 3.16. The first-order valence-corrected chi connectivity index (χ1v) is 15.3. The van der Waals surface area contributed by atoms with Gasteiger partial charge in [-0.15, -0.1) is 0 Å². The number of nitrogens with zero attached hydrogens (tertiary/aromatic N) is 6. The van der Waals surface area contributed by atoms with E-state index in [9.17, 15) is 9.59 Å². The summed E-state index contributed by atoms with van der Waals surface area (Å²) in [4.78, 5) is 34.7. The largest absolute Gasteiger partial charge is 0.497 e. The third-order valence-electron chi connectivity index (χ3n) is 9.10. The van der Waals surface area contributed by atoms with Gasteiger partial charge in [-0.1, -0.05) is 19.3 Å². The minimum Gasteiger partial charge on any atom is -0.497 e. The number of methoxy groups -OCH3 is 2. The van der Waals surface area contributed by atoms with Gasteiger partial charge in [0.05, 0.1) is 38.2 Å². The zero-order valence-corrected chi connectivity index (χ0v) is 24.8. The van der Waals surface area contributed by atoms with Crippen LogP contribution in [0.3, 0.4) is 0 Å². The Morgan fingerprint density at radius 1 is 0.881 bits per heavy atom. The van der Waals surface area contributed by atoms with Crippen molar-refractivity contribution in [1.82, 2.24) is 24.3 Å². The van der Waals surface area contributed by atoms with E-state index in [2.05, 4.69) is 27.0 Å². The number of fused-ring (bicyclic) bond motifs is 1. The van der Waals surface area contributed by atoms with Crippen LogP contribution in [0, 0.1) is 5.92 Å². The number of anilines is 1. The Morgan fingerprint density at radius 3 is 2.43 bits per heavy atom. The molecule has 0 atom stereocenters. The number of benzene rings is 1. The minimum atomic E-state index is -0.349. The van der Waals surface area contributed by atoms with Crippen LogP contribution < -0.4 is 14.4 Å². The molecular formula is C32H42N6O4. The van der Waals surface area contributed by atoms with E-state index < -0.39 is 0 Å². The molecule has 3 aromatic rings. The summed E-state index contributed by atoms with van der Waals surface area (Å²) in [5.74, 6) is 1.91. The maximum atomic E-state index is 13.7. The highest BCUT2D eigenvalue weighted by Gasteiger charge is 2.35. The molecule has 3 fully saturated rings. The first kappa shape index (κ1) is 28.5. The lowest BCUT2D eigenvalue weighted by atomic mass is 9.89. The molecule has 10 heteroatoms. The topological polar surface area (TPSA) is 82.9 Å². The van der Waals surface area contributed by atoms with Crippen LogP contribution in [0.15, 0.2) is 42.7 Å². The number of hydrogen-bond donors (Lipinski definition) is 0. The third kappa shape index (κ3) is 6.10. The average molecular weight is 575 g/mol. The van der Waals surface area contributed by atoms with Crippen molar-refractivity contribution in [3.8, 4) is 11.5 Å². The second-order valence-electron chi connectivity index (χ2n) is 11.8. The number of hydrogen-bond acceptors (Lipinski definition) is 7. The van der Waals surface area contributed by atoms with Crippen LogP contribution in [-0.2, 0) is 17.9 Å². The van der Waals surface area contributed by atoms with Gasteiger partial charge in [0, 0.05) is 70.1 Å². The number of aromatic nitrogens is 2. The average Bonchev–Trinajstić information content (AvgIpc) is 3.44. The summed E-state index contributed by atoms with van der Waals surface area (Å²) in [5.41, 5.74) is 3.53. The molecule has 1 saturated carbocycles. The van der Waals surface area contributed by atoms with E-state index in [0.717, 1.165) is 55.4 Å². The van der Waals surface area contributed by atoms with Crippen LogP contribution in [0.2, 0.25) is 0 Å². The summed E-state index contributed by atoms with van der Waals surface area (Å²) in [5, 5.41) is 4.52. The van der Waals surface area contributed by atoms with E-state index in [1.165, 1.54) is 49.1 Å². The Hall–Kier alpha value is -3.63. The summed E-state index contributed by atoms with van der Waals surface area (Å²) in [6.45, 7) is 6.97. The Labute approximate surface area is 247 Å². The molecule has 0 bridgehead atoms. The lowest BCUT2D eigenvalue weighted by molar-refractivity contribution is -0.129. The van der Waals surface area contributed by atoms with Crippen molar-refractivity contribution in [1.29, 1.82) is 0 Å². The molecule has 1 aliphatic carbocycles. The van der Waals surface area contributed by atoms with E-state index in [1.54, 1.807) is 37.4 Å². The van der Waals surface area contributed by atoms with Crippen LogP contribution in [0.5, 0.6) is 11.5 Å². The lowest BCUT2D eigenvalue weighted by Crippen LogP contribution is -2.52. The van der Waals surface area contributed by atoms with Crippen LogP contribution in [0.25, 0.3) is 5.52 Å². The number of rotatable bonds is 9. The van der Waals surface area contributed by atoms with Gasteiger partial charge in [-0.2, -0.15) is 5.10 Å². The van der Waals surface area contributed by atoms with E-state index in [4.69, 9.17) is 9.47 Å². The molecule has 3 amide bonds. The van der Waals surface area contributed by atoms with Crippen molar-refractivity contribution in [3.05, 3.63) is 53.9 Å². The number of ether oxygens (including phenoxy) is 2. The highest BCUT2D eigenvalue weighted by atomic mass is 16.5. The molecule has 1 aromatic carbocycles. The molecule has 3 aliphatic rings. The summed E-state index contributed by atoms with van der Waals surface area (Å²) >= 11 is 0. The molecule has 0 N–H and O–H groups in total. The quantitative estimate of drug-likeness (QED) is 0.375. The Morgan fingerprint density at radius 2 is 1.67 bits per heavy atom. The molecule has 42 heavy (non-hydrogen) atoms. The van der Waals surface area contributed by atoms with Crippen molar-refractivity contribution < 1.29 is 19.1 Å². The predicted octanol–water partition coefficient (Wildman–Crippen LogP) is 4.41. The van der Waals surface area contributed by atoms with Gasteiger partial charge < -0.3 is 14.4 Å². The van der Waals surface area contributed by atoms with Gasteiger partial charge in [0.1, 0.15) is 11.5 Å². The monoisotopic (exact) mass is 574 g/mol. The van der Waals surface area contributed by atoms with E-state index >= 15 is 0 Å². The molecule has 2 aromatic heterocycles. The second kappa shape index (κ2) is 12.7. The second-order valence-corrected chi connectivity index (χ2v) is 11.8. The zero-order chi connectivity index (χ0) is 29.1. The van der Waals surface area contributed by atoms with Gasteiger partial charge in [0.25, 0.3) is 0 Å². The van der Waals surface area contributed by atoms with E-state index in [-0.39, 0.29) is 24.9 Å². The fourth-order valence-corrected chi connectivity index (χ4v) is 6.66. The number of carbonyl (C=O) groups excluding carboxylic acids is 2. The maximum absolute atomic E-state index is 13.7. The van der Waals surface area contributed by atoms with E-state index in [1.807, 2.05) is 16.8 Å². The zero-order valence-electron chi connectivity index (χ0n) is 24.8. The number of pyridine rings is 1. The SMILES string of the molecule is COc1ccc(CN2C(=O)CCN(c3cnn4ccc(CN5CCN(CC6CCCCC6)CC5)cc34)C2=O)c(OC)c1. The predicted molar refractivity (Wildman–Crippen MR) is 161 cm³/mol. The van der Waals surface area contributed by atoms with Crippen LogP contribution in [-0.4, -0.2) is 89.7 Å². The van der Waals surface area contributed by atoms with Crippen molar-refractivity contribution in [2.45, 2.75) is 51.6 Å². The van der Waals surface area contributed by atoms with Crippen LogP contribution in [0.1, 0.15) is 49.7 Å². The molecule has 2 aliphatic heterocycles. The number of imide groups is 1. The lowest BCUT2D eigenvalue weighted by Gasteiger charge is -2.37. The highest BCUT2D eigenvalue weighted by molar-refractivity contribution is 6.07. The van der Waals surface area contributed by atoms with Gasteiger partial charge in [-0.05, 0) is 48.6 Å². The standard InChI is InChI=1S/C32H42N6O4/c1-41-27-9-8-26(30(19-27)42-2)23-37-31(39)11-12-36(32(37)40)29-20-33-38-13-10-25(18-28(29)38)22-35-16-14-34(15-17-35)21-24-6-4-3-5-7-24/h8-10,13,18-20,24H,3-7,11-12,14-17,21-23H2,1-2H3. The first-order valence-electron chi connectivity index (χ1n) is 15.3. The minimum absolute atomic E-state index is 0.124. The fourth-order valence-electron chi connectivity index (χ4n) is 6.66. The molecule has 6 rings (SSSR count). The van der Waals surface area contributed by atoms with Gasteiger partial charge in [-0.3, -0.25) is 19.5 Å². The number of carbonyl (C=O) groups is 2. The summed E-state index contributed by atoms with van der Waals surface area (Å²) < 4.78 is 12.6. The normalized spacial score (nSPS) is 19.6. The van der Waals surface area contributed by atoms with Gasteiger partial charge >= 0.3 is 6.03 Å². The van der Waals surface area contributed by atoms with Gasteiger partial charge in [0.2, 0.25) is 5.91 Å². The third-order valence-corrected chi connectivity index (χ3v) is 9.10. The summed E-state index contributed by atoms with van der Waals surface area (Å²) in [6, 6.07) is 9.29. The molecule has 0 spiro atoms. The molecule has 4 heterocycles. The van der Waals surface area contributed by atoms with Crippen LogP contribution in [0.4, 0.5) is 10.5 Å². The summed E-state index contributed by atoms with van der Waals surface area (Å²) in [6.07, 6.45) is 10.9. The van der Waals surface area contributed by atoms with Crippen molar-refractivity contribution in [3.63, 3.8) is 0 Å². The van der Waals surface area contributed by atoms with Crippen molar-refractivity contribution in [2.24, 2.45) is 5.92 Å². The van der Waals surface area contributed by atoms with Crippen LogP contribution >= 0.6 is 0 Å². The first-order chi connectivity index (χ1) is 20.5. The Balaban J connectivity index is 1.13. The molecule has 0 radical (unpaired) electrons. The number of piperazine rings is 1. The van der Waals surface area contributed by atoms with Gasteiger partial charge in [0.15, 0.2) is 0 Å². The number of urea groups is 1. The molecule has 224 valence electrons. The smallest absolute Gasteiger partial charge is 0.331 e. The fraction of sp³-hybridized carbons (Fsp3) is 0.531. The number of amides is 3. The maximum Gasteiger partial charge on any atom is 0.331 e. The highest BCUT2D eigenvalue weighted by Crippen LogP contribution is 2.30. The van der Waals surface area contributed by atoms with Gasteiger partial charge in [-0.25, -0.2) is 9.31 Å². The molecular weight excluding hydrogens is 532 g/mol. The van der Waals surface area contributed by atoms with E-state index in [0.29, 0.717) is 18.0 Å².